The number of nitrogens with one attached hydrogen (secondary N) is 1. The van der Waals surface area contributed by atoms with Gasteiger partial charge in [-0.1, -0.05) is 41.9 Å². The fourth-order valence-corrected chi connectivity index (χ4v) is 2.22. The van der Waals surface area contributed by atoms with Crippen molar-refractivity contribution in [2.75, 3.05) is 11.1 Å². The normalized spacial score (nSPS) is 11.5. The van der Waals surface area contributed by atoms with Crippen LogP contribution in [0.15, 0.2) is 5.16 Å². The van der Waals surface area contributed by atoms with Crippen molar-refractivity contribution in [3.63, 3.8) is 0 Å². The summed E-state index contributed by atoms with van der Waals surface area (Å²) in [5.74, 6) is -1.48. The van der Waals surface area contributed by atoms with Crippen molar-refractivity contribution in [1.29, 1.82) is 0 Å². The monoisotopic (exact) mass is 333 g/mol. The average Bonchev–Trinajstić information content (AvgIpc) is 2.29. The quantitative estimate of drug-likeness (QED) is 0.517. The minimum atomic E-state index is -5.04. The predicted octanol–water partition coefficient (Wildman–Crippen LogP) is 3.79. The van der Waals surface area contributed by atoms with E-state index in [1.807, 2.05) is 6.92 Å². The highest BCUT2D eigenvalue weighted by atomic mass is 35.5. The van der Waals surface area contributed by atoms with Crippen molar-refractivity contribution in [1.82, 2.24) is 9.97 Å². The van der Waals surface area contributed by atoms with Gasteiger partial charge in [-0.05, 0) is 6.42 Å². The smallest absolute Gasteiger partial charge is 0.313 e. The fourth-order valence-electron chi connectivity index (χ4n) is 0.935. The van der Waals surface area contributed by atoms with Gasteiger partial charge >= 0.3 is 12.1 Å². The predicted molar refractivity (Wildman–Crippen MR) is 67.8 cm³/mol. The molecule has 0 saturated heterocycles. The Labute approximate surface area is 121 Å². The Bertz CT molecular complexity index is 461. The fraction of sp³-hybridized carbons (Fsp3) is 0.444. The summed E-state index contributed by atoms with van der Waals surface area (Å²) in [6.45, 7) is 1.94. The van der Waals surface area contributed by atoms with Gasteiger partial charge in [0.1, 0.15) is 5.69 Å². The maximum atomic E-state index is 12.1. The number of nitrogens with zero attached hydrogens (tertiary/aromatic N) is 2. The summed E-state index contributed by atoms with van der Waals surface area (Å²) in [7, 11) is 0. The molecule has 0 aliphatic heterocycles. The summed E-state index contributed by atoms with van der Waals surface area (Å²) < 4.78 is 36.3. The van der Waals surface area contributed by atoms with Gasteiger partial charge in [0.15, 0.2) is 15.5 Å². The zero-order valence-electron chi connectivity index (χ0n) is 9.51. The van der Waals surface area contributed by atoms with E-state index in [-0.39, 0.29) is 15.5 Å². The molecule has 1 aromatic rings. The number of carbonyl (C=O) groups is 1. The molecule has 0 atom stereocenters. The molecule has 0 saturated carbocycles. The molecule has 0 spiro atoms. The van der Waals surface area contributed by atoms with Gasteiger partial charge in [0.25, 0.3) is 0 Å². The lowest BCUT2D eigenvalue weighted by molar-refractivity contribution is -0.167. The standard InChI is InChI=1S/C9H8Cl2F3N3OS/c1-2-3-19-8-16-5(10)4(6(11)17-8)15-7(18)9(12,13)14/h2-3H2,1H3,(H,15,18). The molecule has 19 heavy (non-hydrogen) atoms. The summed E-state index contributed by atoms with van der Waals surface area (Å²) in [6, 6.07) is 0. The molecule has 106 valence electrons. The van der Waals surface area contributed by atoms with E-state index in [9.17, 15) is 18.0 Å². The second-order valence-corrected chi connectivity index (χ2v) is 5.04. The van der Waals surface area contributed by atoms with Crippen LogP contribution in [0.1, 0.15) is 13.3 Å². The zero-order chi connectivity index (χ0) is 14.6. The van der Waals surface area contributed by atoms with Gasteiger partial charge < -0.3 is 5.32 Å². The number of hydrogen-bond donors (Lipinski definition) is 1. The first-order valence-electron chi connectivity index (χ1n) is 4.99. The molecule has 0 unspecified atom stereocenters. The van der Waals surface area contributed by atoms with Gasteiger partial charge in [-0.15, -0.1) is 0 Å². The van der Waals surface area contributed by atoms with Crippen LogP contribution in [-0.2, 0) is 4.79 Å². The van der Waals surface area contributed by atoms with Crippen molar-refractivity contribution in [2.45, 2.75) is 24.7 Å². The Morgan fingerprint density at radius 2 is 1.84 bits per heavy atom. The number of aromatic nitrogens is 2. The number of amides is 1. The van der Waals surface area contributed by atoms with E-state index in [1.165, 1.54) is 17.1 Å². The topological polar surface area (TPSA) is 54.9 Å². The minimum absolute atomic E-state index is 0.238. The molecule has 0 aliphatic carbocycles. The van der Waals surface area contributed by atoms with Crippen LogP contribution in [-0.4, -0.2) is 27.8 Å². The van der Waals surface area contributed by atoms with E-state index in [2.05, 4.69) is 9.97 Å². The summed E-state index contributed by atoms with van der Waals surface area (Å²) in [5, 5.41) is 1.10. The lowest BCUT2D eigenvalue weighted by atomic mass is 10.5. The van der Waals surface area contributed by atoms with Gasteiger partial charge in [0.2, 0.25) is 0 Å². The molecule has 0 radical (unpaired) electrons. The lowest BCUT2D eigenvalue weighted by Crippen LogP contribution is -2.30. The number of hydrogen-bond acceptors (Lipinski definition) is 4. The summed E-state index contributed by atoms with van der Waals surface area (Å²) in [6.07, 6.45) is -4.18. The minimum Gasteiger partial charge on any atom is -0.313 e. The zero-order valence-corrected chi connectivity index (χ0v) is 11.8. The van der Waals surface area contributed by atoms with E-state index >= 15 is 0 Å². The molecule has 1 rings (SSSR count). The third kappa shape index (κ3) is 4.70. The van der Waals surface area contributed by atoms with Gasteiger partial charge in [0.05, 0.1) is 0 Å². The van der Waals surface area contributed by atoms with E-state index in [0.717, 1.165) is 6.42 Å². The molecule has 4 nitrogen and oxygen atoms in total. The largest absolute Gasteiger partial charge is 0.471 e. The Morgan fingerprint density at radius 1 is 1.32 bits per heavy atom. The van der Waals surface area contributed by atoms with Crippen LogP contribution in [0.25, 0.3) is 0 Å². The molecule has 0 bridgehead atoms. The molecule has 0 fully saturated rings. The Balaban J connectivity index is 2.94. The van der Waals surface area contributed by atoms with Crippen molar-refractivity contribution >= 4 is 46.6 Å². The maximum Gasteiger partial charge on any atom is 0.471 e. The summed E-state index contributed by atoms with van der Waals surface area (Å²) in [5.41, 5.74) is -0.452. The Kier molecular flexibility index (Phi) is 5.69. The van der Waals surface area contributed by atoms with Gasteiger partial charge in [-0.3, -0.25) is 4.79 Å². The van der Waals surface area contributed by atoms with Crippen molar-refractivity contribution < 1.29 is 18.0 Å². The molecule has 1 aromatic heterocycles. The van der Waals surface area contributed by atoms with Gasteiger partial charge in [-0.2, -0.15) is 13.2 Å². The first kappa shape index (κ1) is 16.3. The van der Waals surface area contributed by atoms with Crippen LogP contribution < -0.4 is 5.32 Å². The van der Waals surface area contributed by atoms with Gasteiger partial charge in [-0.25, -0.2) is 9.97 Å². The van der Waals surface area contributed by atoms with Crippen LogP contribution in [0.3, 0.4) is 0 Å². The van der Waals surface area contributed by atoms with Crippen LogP contribution in [0, 0.1) is 0 Å². The van der Waals surface area contributed by atoms with E-state index < -0.39 is 17.8 Å². The lowest BCUT2D eigenvalue weighted by Gasteiger charge is -2.10. The Hall–Kier alpha value is -0.730. The number of rotatable bonds is 4. The number of halogens is 5. The van der Waals surface area contributed by atoms with E-state index in [0.29, 0.717) is 5.75 Å². The van der Waals surface area contributed by atoms with Crippen molar-refractivity contribution in [3.05, 3.63) is 10.3 Å². The molecular weight excluding hydrogens is 326 g/mol. The van der Waals surface area contributed by atoms with Crippen LogP contribution in [0.5, 0.6) is 0 Å². The van der Waals surface area contributed by atoms with E-state index in [4.69, 9.17) is 23.2 Å². The highest BCUT2D eigenvalue weighted by Gasteiger charge is 2.39. The van der Waals surface area contributed by atoms with Crippen LogP contribution >= 0.6 is 35.0 Å². The first-order chi connectivity index (χ1) is 8.75. The summed E-state index contributed by atoms with van der Waals surface area (Å²) >= 11 is 12.6. The third-order valence-corrected chi connectivity index (χ3v) is 3.33. The number of thioether (sulfide) groups is 1. The molecular formula is C9H8Cl2F3N3OS. The molecule has 1 amide bonds. The van der Waals surface area contributed by atoms with Crippen molar-refractivity contribution in [2.24, 2.45) is 0 Å². The highest BCUT2D eigenvalue weighted by Crippen LogP contribution is 2.31. The van der Waals surface area contributed by atoms with Gasteiger partial charge in [0, 0.05) is 5.75 Å². The van der Waals surface area contributed by atoms with Crippen LogP contribution in [0.2, 0.25) is 10.3 Å². The molecule has 0 aliphatic rings. The van der Waals surface area contributed by atoms with Crippen molar-refractivity contribution in [3.8, 4) is 0 Å². The molecule has 0 aromatic carbocycles. The number of carbonyl (C=O) groups excluding carboxylic acids is 1. The number of anilines is 1. The summed E-state index contributed by atoms with van der Waals surface area (Å²) in [4.78, 5) is 18.3. The second kappa shape index (κ2) is 6.62. The number of alkyl halides is 3. The highest BCUT2D eigenvalue weighted by molar-refractivity contribution is 7.99. The first-order valence-corrected chi connectivity index (χ1v) is 6.73. The average molecular weight is 334 g/mol. The second-order valence-electron chi connectivity index (χ2n) is 3.26. The Morgan fingerprint density at radius 3 is 2.26 bits per heavy atom. The van der Waals surface area contributed by atoms with Crippen LogP contribution in [0.4, 0.5) is 18.9 Å². The SMILES string of the molecule is CCCSc1nc(Cl)c(NC(=O)C(F)(F)F)c(Cl)n1. The molecule has 10 heteroatoms. The molecule has 1 N–H and O–H groups in total. The molecule has 1 heterocycles. The maximum absolute atomic E-state index is 12.1. The van der Waals surface area contributed by atoms with E-state index in [1.54, 1.807) is 0 Å². The third-order valence-electron chi connectivity index (χ3n) is 1.73.